The van der Waals surface area contributed by atoms with Crippen LogP contribution in [0.15, 0.2) is 53.0 Å². The number of methoxy groups -OCH3 is 1. The van der Waals surface area contributed by atoms with E-state index >= 15 is 0 Å². The van der Waals surface area contributed by atoms with Crippen LogP contribution < -0.4 is 5.32 Å². The molecule has 0 radical (unpaired) electrons. The van der Waals surface area contributed by atoms with Gasteiger partial charge in [0.15, 0.2) is 6.04 Å². The third kappa shape index (κ3) is 4.17. The molecule has 0 saturated carbocycles. The molecule has 0 aliphatic heterocycles. The minimum absolute atomic E-state index is 0.0789. The first kappa shape index (κ1) is 17.6. The van der Waals surface area contributed by atoms with Crippen LogP contribution in [-0.4, -0.2) is 23.9 Å². The largest absolute Gasteiger partial charge is 0.467 e. The molecule has 0 spiro atoms. The molecule has 8 heteroatoms. The summed E-state index contributed by atoms with van der Waals surface area (Å²) in [5.41, 5.74) is 0.403. The minimum atomic E-state index is -1.02. The Balaban J connectivity index is 2.27. The SMILES string of the molecule is COC(=O)C(NC(=O)c1cccc([N+](=O)[O-])c1)c1ccc(Br)cc1. The Kier molecular flexibility index (Phi) is 5.64. The van der Waals surface area contributed by atoms with Crippen LogP contribution in [0, 0.1) is 10.1 Å². The molecule has 0 aromatic heterocycles. The number of nitro benzene ring substituents is 1. The molecule has 7 nitrogen and oxygen atoms in total. The Morgan fingerprint density at radius 2 is 1.88 bits per heavy atom. The van der Waals surface area contributed by atoms with Crippen molar-refractivity contribution in [3.63, 3.8) is 0 Å². The molecule has 0 heterocycles. The predicted molar refractivity (Wildman–Crippen MR) is 89.5 cm³/mol. The maximum Gasteiger partial charge on any atom is 0.333 e. The monoisotopic (exact) mass is 392 g/mol. The second kappa shape index (κ2) is 7.69. The number of nitrogens with one attached hydrogen (secondary N) is 1. The second-order valence-electron chi connectivity index (χ2n) is 4.79. The summed E-state index contributed by atoms with van der Waals surface area (Å²) in [5, 5.41) is 13.3. The third-order valence-corrected chi connectivity index (χ3v) is 3.76. The number of halogens is 1. The van der Waals surface area contributed by atoms with Gasteiger partial charge in [-0.15, -0.1) is 0 Å². The number of hydrogen-bond acceptors (Lipinski definition) is 5. The Hall–Kier alpha value is -2.74. The normalized spacial score (nSPS) is 11.4. The van der Waals surface area contributed by atoms with Gasteiger partial charge in [-0.3, -0.25) is 14.9 Å². The fraction of sp³-hybridized carbons (Fsp3) is 0.125. The van der Waals surface area contributed by atoms with E-state index in [1.54, 1.807) is 24.3 Å². The number of amides is 1. The van der Waals surface area contributed by atoms with Crippen LogP contribution in [0.2, 0.25) is 0 Å². The summed E-state index contributed by atoms with van der Waals surface area (Å²) in [7, 11) is 1.22. The van der Waals surface area contributed by atoms with E-state index in [2.05, 4.69) is 21.2 Å². The van der Waals surface area contributed by atoms with Crippen molar-refractivity contribution < 1.29 is 19.2 Å². The average Bonchev–Trinajstić information content (AvgIpc) is 2.59. The standard InChI is InChI=1S/C16H13BrN2O5/c1-24-16(21)14(10-5-7-12(17)8-6-10)18-15(20)11-3-2-4-13(9-11)19(22)23/h2-9,14H,1H3,(H,18,20). The van der Waals surface area contributed by atoms with E-state index in [1.165, 1.54) is 25.3 Å². The van der Waals surface area contributed by atoms with Gasteiger partial charge in [-0.1, -0.05) is 34.1 Å². The summed E-state index contributed by atoms with van der Waals surface area (Å²) in [5.74, 6) is -1.26. The van der Waals surface area contributed by atoms with Crippen LogP contribution in [-0.2, 0) is 9.53 Å². The van der Waals surface area contributed by atoms with Gasteiger partial charge in [0, 0.05) is 22.2 Å². The van der Waals surface area contributed by atoms with Gasteiger partial charge in [0.2, 0.25) is 0 Å². The van der Waals surface area contributed by atoms with Crippen molar-refractivity contribution in [2.75, 3.05) is 7.11 Å². The molecule has 0 fully saturated rings. The minimum Gasteiger partial charge on any atom is -0.467 e. The number of carbonyl (C=O) groups excluding carboxylic acids is 2. The summed E-state index contributed by atoms with van der Waals surface area (Å²) < 4.78 is 5.54. The molecule has 124 valence electrons. The summed E-state index contributed by atoms with van der Waals surface area (Å²) in [6.07, 6.45) is 0. The van der Waals surface area contributed by atoms with Crippen molar-refractivity contribution in [3.05, 3.63) is 74.2 Å². The molecular formula is C16H13BrN2O5. The van der Waals surface area contributed by atoms with Gasteiger partial charge in [0.1, 0.15) is 0 Å². The van der Waals surface area contributed by atoms with Crippen LogP contribution in [0.1, 0.15) is 22.0 Å². The lowest BCUT2D eigenvalue weighted by molar-refractivity contribution is -0.384. The van der Waals surface area contributed by atoms with Crippen molar-refractivity contribution in [2.45, 2.75) is 6.04 Å². The Morgan fingerprint density at radius 3 is 2.46 bits per heavy atom. The molecule has 0 bridgehead atoms. The van der Waals surface area contributed by atoms with Crippen molar-refractivity contribution in [1.82, 2.24) is 5.32 Å². The van der Waals surface area contributed by atoms with Gasteiger partial charge in [-0.2, -0.15) is 0 Å². The van der Waals surface area contributed by atoms with Gasteiger partial charge in [0.05, 0.1) is 12.0 Å². The lowest BCUT2D eigenvalue weighted by Gasteiger charge is -2.17. The van der Waals surface area contributed by atoms with Gasteiger partial charge >= 0.3 is 5.97 Å². The summed E-state index contributed by atoms with van der Waals surface area (Å²) in [4.78, 5) is 34.5. The summed E-state index contributed by atoms with van der Waals surface area (Å²) >= 11 is 3.29. The Morgan fingerprint density at radius 1 is 1.21 bits per heavy atom. The average molecular weight is 393 g/mol. The maximum atomic E-state index is 12.3. The van der Waals surface area contributed by atoms with Crippen molar-refractivity contribution in [2.24, 2.45) is 0 Å². The topological polar surface area (TPSA) is 98.5 Å². The molecule has 0 saturated heterocycles. The Labute approximate surface area is 145 Å². The highest BCUT2D eigenvalue weighted by Gasteiger charge is 2.24. The summed E-state index contributed by atoms with van der Waals surface area (Å²) in [6, 6.07) is 11.0. The van der Waals surface area contributed by atoms with Gasteiger partial charge < -0.3 is 10.1 Å². The van der Waals surface area contributed by atoms with E-state index in [0.717, 1.165) is 10.5 Å². The van der Waals surface area contributed by atoms with Gasteiger partial charge in [0.25, 0.3) is 11.6 Å². The number of carbonyl (C=O) groups is 2. The van der Waals surface area contributed by atoms with E-state index in [9.17, 15) is 19.7 Å². The van der Waals surface area contributed by atoms with Crippen molar-refractivity contribution >= 4 is 33.5 Å². The number of benzene rings is 2. The number of ether oxygens (including phenoxy) is 1. The van der Waals surface area contributed by atoms with Crippen LogP contribution in [0.5, 0.6) is 0 Å². The van der Waals surface area contributed by atoms with E-state index in [4.69, 9.17) is 4.74 Å². The third-order valence-electron chi connectivity index (χ3n) is 3.23. The number of nitrogens with zero attached hydrogens (tertiary/aromatic N) is 1. The van der Waals surface area contributed by atoms with Crippen molar-refractivity contribution in [3.8, 4) is 0 Å². The van der Waals surface area contributed by atoms with E-state index in [-0.39, 0.29) is 11.3 Å². The Bertz CT molecular complexity index is 776. The zero-order valence-corrected chi connectivity index (χ0v) is 14.1. The second-order valence-corrected chi connectivity index (χ2v) is 5.70. The number of non-ortho nitro benzene ring substituents is 1. The van der Waals surface area contributed by atoms with Crippen LogP contribution >= 0.6 is 15.9 Å². The van der Waals surface area contributed by atoms with Gasteiger partial charge in [-0.25, -0.2) is 4.79 Å². The molecule has 1 amide bonds. The predicted octanol–water partition coefficient (Wildman–Crippen LogP) is 3.00. The first-order valence-corrected chi connectivity index (χ1v) is 7.60. The van der Waals surface area contributed by atoms with Crippen LogP contribution in [0.25, 0.3) is 0 Å². The number of nitro groups is 1. The smallest absolute Gasteiger partial charge is 0.333 e. The first-order valence-electron chi connectivity index (χ1n) is 6.81. The fourth-order valence-corrected chi connectivity index (χ4v) is 2.29. The molecule has 1 N–H and O–H groups in total. The number of esters is 1. The highest BCUT2D eigenvalue weighted by Crippen LogP contribution is 2.20. The first-order chi connectivity index (χ1) is 11.4. The molecule has 0 aliphatic carbocycles. The van der Waals surface area contributed by atoms with Crippen LogP contribution in [0.3, 0.4) is 0 Å². The summed E-state index contributed by atoms with van der Waals surface area (Å²) in [6.45, 7) is 0. The molecule has 2 aromatic rings. The van der Waals surface area contributed by atoms with E-state index in [1.807, 2.05) is 0 Å². The molecule has 24 heavy (non-hydrogen) atoms. The zero-order chi connectivity index (χ0) is 17.7. The molecule has 1 unspecified atom stereocenters. The lowest BCUT2D eigenvalue weighted by Crippen LogP contribution is -2.34. The molecular weight excluding hydrogens is 380 g/mol. The number of rotatable bonds is 5. The van der Waals surface area contributed by atoms with E-state index in [0.29, 0.717) is 5.56 Å². The van der Waals surface area contributed by atoms with Crippen molar-refractivity contribution in [1.29, 1.82) is 0 Å². The lowest BCUT2D eigenvalue weighted by atomic mass is 10.1. The quantitative estimate of drug-likeness (QED) is 0.478. The molecule has 1 atom stereocenters. The van der Waals surface area contributed by atoms with Crippen LogP contribution in [0.4, 0.5) is 5.69 Å². The highest BCUT2D eigenvalue weighted by molar-refractivity contribution is 9.10. The molecule has 2 rings (SSSR count). The highest BCUT2D eigenvalue weighted by atomic mass is 79.9. The number of hydrogen-bond donors (Lipinski definition) is 1. The molecule has 0 aliphatic rings. The molecule has 2 aromatic carbocycles. The fourth-order valence-electron chi connectivity index (χ4n) is 2.03. The van der Waals surface area contributed by atoms with Gasteiger partial charge in [-0.05, 0) is 23.8 Å². The van der Waals surface area contributed by atoms with E-state index < -0.39 is 22.8 Å². The maximum absolute atomic E-state index is 12.3. The zero-order valence-electron chi connectivity index (χ0n) is 12.6.